The highest BCUT2D eigenvalue weighted by Gasteiger charge is 2.14. The molecule has 0 bridgehead atoms. The zero-order valence-electron chi connectivity index (χ0n) is 8.70. The maximum absolute atomic E-state index is 13.2. The Labute approximate surface area is 108 Å². The van der Waals surface area contributed by atoms with E-state index < -0.39 is 11.9 Å². The van der Waals surface area contributed by atoms with Gasteiger partial charge < -0.3 is 5.11 Å². The van der Waals surface area contributed by atoms with Gasteiger partial charge in [-0.05, 0) is 29.8 Å². The monoisotopic (exact) mass is 270 g/mol. The molecule has 88 valence electrons. The van der Waals surface area contributed by atoms with Crippen LogP contribution in [0.2, 0.25) is 10.0 Å². The van der Waals surface area contributed by atoms with Crippen molar-refractivity contribution in [3.05, 3.63) is 69.5 Å². The van der Waals surface area contributed by atoms with Crippen LogP contribution in [0.1, 0.15) is 17.2 Å². The maximum atomic E-state index is 13.2. The molecule has 0 saturated heterocycles. The van der Waals surface area contributed by atoms with E-state index in [0.717, 1.165) is 0 Å². The zero-order valence-corrected chi connectivity index (χ0v) is 10.2. The summed E-state index contributed by atoms with van der Waals surface area (Å²) in [6.45, 7) is 0. The minimum atomic E-state index is -0.989. The average molecular weight is 271 g/mol. The van der Waals surface area contributed by atoms with Gasteiger partial charge in [0.15, 0.2) is 0 Å². The molecule has 0 aliphatic heterocycles. The number of benzene rings is 2. The molecule has 1 N–H and O–H groups in total. The molecule has 1 unspecified atom stereocenters. The van der Waals surface area contributed by atoms with Gasteiger partial charge in [0.1, 0.15) is 11.9 Å². The Bertz CT molecular complexity index is 522. The lowest BCUT2D eigenvalue weighted by molar-refractivity contribution is 0.220. The predicted molar refractivity (Wildman–Crippen MR) is 66.9 cm³/mol. The van der Waals surface area contributed by atoms with Gasteiger partial charge in [-0.1, -0.05) is 41.4 Å². The molecule has 0 aromatic heterocycles. The van der Waals surface area contributed by atoms with Crippen LogP contribution in [0.3, 0.4) is 0 Å². The van der Waals surface area contributed by atoms with E-state index in [4.69, 9.17) is 23.2 Å². The number of rotatable bonds is 2. The van der Waals surface area contributed by atoms with Crippen molar-refractivity contribution in [3.8, 4) is 0 Å². The lowest BCUT2D eigenvalue weighted by Gasteiger charge is -2.13. The average Bonchev–Trinajstić information content (AvgIpc) is 2.27. The van der Waals surface area contributed by atoms with Gasteiger partial charge in [-0.3, -0.25) is 0 Å². The first-order valence-corrected chi connectivity index (χ1v) is 5.72. The van der Waals surface area contributed by atoms with Crippen LogP contribution in [0.25, 0.3) is 0 Å². The molecule has 0 fully saturated rings. The number of aliphatic hydroxyl groups is 1. The third-order valence-corrected chi connectivity index (χ3v) is 2.96. The number of hydrogen-bond donors (Lipinski definition) is 1. The van der Waals surface area contributed by atoms with Gasteiger partial charge in [0.25, 0.3) is 0 Å². The highest BCUT2D eigenvalue weighted by molar-refractivity contribution is 6.31. The van der Waals surface area contributed by atoms with Gasteiger partial charge in [-0.2, -0.15) is 0 Å². The van der Waals surface area contributed by atoms with E-state index in [1.165, 1.54) is 18.2 Å². The summed E-state index contributed by atoms with van der Waals surface area (Å²) >= 11 is 11.7. The molecule has 0 heterocycles. The fourth-order valence-electron chi connectivity index (χ4n) is 1.61. The number of aliphatic hydroxyl groups excluding tert-OH is 1. The van der Waals surface area contributed by atoms with Crippen molar-refractivity contribution in [1.82, 2.24) is 0 Å². The zero-order chi connectivity index (χ0) is 12.4. The third-order valence-electron chi connectivity index (χ3n) is 2.40. The van der Waals surface area contributed by atoms with E-state index in [9.17, 15) is 9.50 Å². The van der Waals surface area contributed by atoms with Crippen molar-refractivity contribution in [2.24, 2.45) is 0 Å². The van der Waals surface area contributed by atoms with Gasteiger partial charge in [-0.25, -0.2) is 4.39 Å². The topological polar surface area (TPSA) is 20.2 Å². The van der Waals surface area contributed by atoms with Crippen LogP contribution >= 0.6 is 23.2 Å². The summed E-state index contributed by atoms with van der Waals surface area (Å²) in [6.07, 6.45) is -0.989. The minimum absolute atomic E-state index is 0.242. The second kappa shape index (κ2) is 5.05. The Kier molecular flexibility index (Phi) is 3.67. The number of hydrogen-bond acceptors (Lipinski definition) is 1. The van der Waals surface area contributed by atoms with Crippen LogP contribution in [-0.4, -0.2) is 5.11 Å². The molecular weight excluding hydrogens is 262 g/mol. The molecule has 2 aromatic rings. The molecule has 17 heavy (non-hydrogen) atoms. The third kappa shape index (κ3) is 2.78. The smallest absolute Gasteiger partial charge is 0.125 e. The summed E-state index contributed by atoms with van der Waals surface area (Å²) in [5.41, 5.74) is 0.902. The van der Waals surface area contributed by atoms with Gasteiger partial charge in [0.05, 0.1) is 0 Å². The van der Waals surface area contributed by atoms with E-state index in [0.29, 0.717) is 16.1 Å². The van der Waals surface area contributed by atoms with Gasteiger partial charge in [0.2, 0.25) is 0 Å². The Morgan fingerprint density at radius 1 is 1.06 bits per heavy atom. The van der Waals surface area contributed by atoms with Crippen molar-refractivity contribution in [2.75, 3.05) is 0 Å². The lowest BCUT2D eigenvalue weighted by Crippen LogP contribution is -2.01. The first-order valence-electron chi connectivity index (χ1n) is 4.96. The van der Waals surface area contributed by atoms with Gasteiger partial charge >= 0.3 is 0 Å². The summed E-state index contributed by atoms with van der Waals surface area (Å²) in [6, 6.07) is 10.8. The van der Waals surface area contributed by atoms with E-state index in [1.54, 1.807) is 24.3 Å². The molecule has 4 heteroatoms. The molecule has 0 aliphatic rings. The summed E-state index contributed by atoms with van der Waals surface area (Å²) in [7, 11) is 0. The number of halogens is 3. The molecule has 1 nitrogen and oxygen atoms in total. The highest BCUT2D eigenvalue weighted by atomic mass is 35.5. The second-order valence-corrected chi connectivity index (χ2v) is 4.47. The van der Waals surface area contributed by atoms with E-state index in [-0.39, 0.29) is 5.02 Å². The molecule has 0 radical (unpaired) electrons. The van der Waals surface area contributed by atoms with Crippen molar-refractivity contribution in [1.29, 1.82) is 0 Å². The molecule has 2 aromatic carbocycles. The fourth-order valence-corrected chi connectivity index (χ4v) is 2.08. The van der Waals surface area contributed by atoms with Crippen molar-refractivity contribution >= 4 is 23.2 Å². The fraction of sp³-hybridized carbons (Fsp3) is 0.0769. The normalized spacial score (nSPS) is 12.5. The SMILES string of the molecule is OC(c1cc(F)cc(Cl)c1)c1ccccc1Cl. The van der Waals surface area contributed by atoms with E-state index in [1.807, 2.05) is 0 Å². The second-order valence-electron chi connectivity index (χ2n) is 3.63. The first kappa shape index (κ1) is 12.4. The Morgan fingerprint density at radius 2 is 1.76 bits per heavy atom. The molecule has 1 atom stereocenters. The molecular formula is C13H9Cl2FO. The quantitative estimate of drug-likeness (QED) is 0.867. The van der Waals surface area contributed by atoms with Crippen molar-refractivity contribution < 1.29 is 9.50 Å². The van der Waals surface area contributed by atoms with Crippen molar-refractivity contribution in [3.63, 3.8) is 0 Å². The Balaban J connectivity index is 2.43. The lowest BCUT2D eigenvalue weighted by atomic mass is 10.0. The van der Waals surface area contributed by atoms with Crippen LogP contribution < -0.4 is 0 Å². The van der Waals surface area contributed by atoms with Crippen molar-refractivity contribution in [2.45, 2.75) is 6.10 Å². The minimum Gasteiger partial charge on any atom is -0.384 e. The van der Waals surface area contributed by atoms with Crippen LogP contribution in [0.4, 0.5) is 4.39 Å². The highest BCUT2D eigenvalue weighted by Crippen LogP contribution is 2.29. The molecule has 0 aliphatic carbocycles. The van der Waals surface area contributed by atoms with E-state index in [2.05, 4.69) is 0 Å². The Hall–Kier alpha value is -1.09. The predicted octanol–water partition coefficient (Wildman–Crippen LogP) is 4.21. The molecule has 0 amide bonds. The summed E-state index contributed by atoms with van der Waals surface area (Å²) in [5, 5.41) is 10.8. The van der Waals surface area contributed by atoms with Crippen LogP contribution in [-0.2, 0) is 0 Å². The molecule has 0 spiro atoms. The standard InChI is InChI=1S/C13H9Cl2FO/c14-9-5-8(6-10(16)7-9)13(17)11-3-1-2-4-12(11)15/h1-7,13,17H. The summed E-state index contributed by atoms with van der Waals surface area (Å²) in [5.74, 6) is -0.487. The maximum Gasteiger partial charge on any atom is 0.125 e. The summed E-state index contributed by atoms with van der Waals surface area (Å²) < 4.78 is 13.2. The first-order chi connectivity index (χ1) is 8.08. The largest absolute Gasteiger partial charge is 0.384 e. The van der Waals surface area contributed by atoms with E-state index >= 15 is 0 Å². The summed E-state index contributed by atoms with van der Waals surface area (Å²) in [4.78, 5) is 0. The van der Waals surface area contributed by atoms with Crippen LogP contribution in [0.5, 0.6) is 0 Å². The van der Waals surface area contributed by atoms with Gasteiger partial charge in [-0.15, -0.1) is 0 Å². The van der Waals surface area contributed by atoms with Crippen LogP contribution in [0.15, 0.2) is 42.5 Å². The molecule has 0 saturated carbocycles. The van der Waals surface area contributed by atoms with Gasteiger partial charge in [0, 0.05) is 15.6 Å². The Morgan fingerprint density at radius 3 is 2.41 bits per heavy atom. The van der Waals surface area contributed by atoms with Crippen LogP contribution in [0, 0.1) is 5.82 Å². The molecule has 2 rings (SSSR count).